The largest absolute Gasteiger partial charge is 0.377 e. The first kappa shape index (κ1) is 12.6. The van der Waals surface area contributed by atoms with Crippen LogP contribution in [0.3, 0.4) is 0 Å². The summed E-state index contributed by atoms with van der Waals surface area (Å²) in [6.45, 7) is 6.14. The van der Waals surface area contributed by atoms with Crippen LogP contribution in [-0.4, -0.2) is 19.7 Å². The van der Waals surface area contributed by atoms with Crippen molar-refractivity contribution in [3.05, 3.63) is 35.4 Å². The van der Waals surface area contributed by atoms with Crippen LogP contribution in [0, 0.1) is 12.8 Å². The first-order valence-electron chi connectivity index (χ1n) is 6.68. The molecular formula is C15H23NO. The monoisotopic (exact) mass is 233 g/mol. The standard InChI is InChI=1S/C15H23NO/c1-13-2-4-15(5-3-13)12-17-11-8-14-6-9-16-10-7-14/h2-5,14,16H,6-12H2,1H3. The maximum absolute atomic E-state index is 5.74. The van der Waals surface area contributed by atoms with Crippen molar-refractivity contribution in [1.29, 1.82) is 0 Å². The van der Waals surface area contributed by atoms with Crippen molar-refractivity contribution in [2.45, 2.75) is 32.8 Å². The van der Waals surface area contributed by atoms with Crippen LogP contribution in [-0.2, 0) is 11.3 Å². The molecule has 1 heterocycles. The average molecular weight is 233 g/mol. The number of ether oxygens (including phenoxy) is 1. The summed E-state index contributed by atoms with van der Waals surface area (Å²) in [5.74, 6) is 0.870. The molecule has 2 rings (SSSR count). The SMILES string of the molecule is Cc1ccc(COCCC2CCNCC2)cc1. The number of nitrogens with one attached hydrogen (secondary N) is 1. The van der Waals surface area contributed by atoms with Gasteiger partial charge in [0.1, 0.15) is 0 Å². The van der Waals surface area contributed by atoms with Gasteiger partial charge in [-0.2, -0.15) is 0 Å². The van der Waals surface area contributed by atoms with E-state index in [1.165, 1.54) is 43.5 Å². The molecule has 0 aromatic heterocycles. The van der Waals surface area contributed by atoms with Gasteiger partial charge < -0.3 is 10.1 Å². The van der Waals surface area contributed by atoms with Gasteiger partial charge in [0.05, 0.1) is 6.61 Å². The molecule has 1 fully saturated rings. The molecule has 0 spiro atoms. The van der Waals surface area contributed by atoms with Crippen molar-refractivity contribution in [3.63, 3.8) is 0 Å². The van der Waals surface area contributed by atoms with E-state index in [2.05, 4.69) is 36.5 Å². The first-order chi connectivity index (χ1) is 8.34. The number of hydrogen-bond acceptors (Lipinski definition) is 2. The minimum absolute atomic E-state index is 0.755. The summed E-state index contributed by atoms with van der Waals surface area (Å²) in [6, 6.07) is 8.59. The highest BCUT2D eigenvalue weighted by Crippen LogP contribution is 2.16. The van der Waals surface area contributed by atoms with Gasteiger partial charge >= 0.3 is 0 Å². The van der Waals surface area contributed by atoms with Crippen LogP contribution < -0.4 is 5.32 Å². The fourth-order valence-electron chi connectivity index (χ4n) is 2.29. The lowest BCUT2D eigenvalue weighted by Gasteiger charge is -2.22. The Bertz CT molecular complexity index is 314. The Hall–Kier alpha value is -0.860. The van der Waals surface area contributed by atoms with Crippen LogP contribution in [0.15, 0.2) is 24.3 Å². The van der Waals surface area contributed by atoms with Gasteiger partial charge in [-0.1, -0.05) is 29.8 Å². The van der Waals surface area contributed by atoms with Crippen LogP contribution in [0.4, 0.5) is 0 Å². The summed E-state index contributed by atoms with van der Waals surface area (Å²) < 4.78 is 5.74. The minimum atomic E-state index is 0.755. The zero-order valence-electron chi connectivity index (χ0n) is 10.7. The van der Waals surface area contributed by atoms with Gasteiger partial charge in [0.2, 0.25) is 0 Å². The van der Waals surface area contributed by atoms with E-state index in [4.69, 9.17) is 4.74 Å². The van der Waals surface area contributed by atoms with Gasteiger partial charge in [0.25, 0.3) is 0 Å². The summed E-state index contributed by atoms with van der Waals surface area (Å²) in [5.41, 5.74) is 2.59. The number of rotatable bonds is 5. The van der Waals surface area contributed by atoms with Crippen LogP contribution >= 0.6 is 0 Å². The van der Waals surface area contributed by atoms with Crippen molar-refractivity contribution in [2.24, 2.45) is 5.92 Å². The minimum Gasteiger partial charge on any atom is -0.377 e. The fourth-order valence-corrected chi connectivity index (χ4v) is 2.29. The Balaban J connectivity index is 1.60. The van der Waals surface area contributed by atoms with Gasteiger partial charge in [0, 0.05) is 6.61 Å². The number of benzene rings is 1. The fraction of sp³-hybridized carbons (Fsp3) is 0.600. The summed E-state index contributed by atoms with van der Waals surface area (Å²) in [5, 5.41) is 3.40. The lowest BCUT2D eigenvalue weighted by molar-refractivity contribution is 0.103. The van der Waals surface area contributed by atoms with Gasteiger partial charge in [-0.25, -0.2) is 0 Å². The summed E-state index contributed by atoms with van der Waals surface area (Å²) in [4.78, 5) is 0. The lowest BCUT2D eigenvalue weighted by atomic mass is 9.95. The average Bonchev–Trinajstić information content (AvgIpc) is 2.38. The van der Waals surface area contributed by atoms with Crippen molar-refractivity contribution in [1.82, 2.24) is 5.32 Å². The zero-order valence-corrected chi connectivity index (χ0v) is 10.7. The van der Waals surface area contributed by atoms with Gasteiger partial charge in [-0.05, 0) is 50.8 Å². The molecule has 0 atom stereocenters. The summed E-state index contributed by atoms with van der Waals surface area (Å²) in [6.07, 6.45) is 3.84. The van der Waals surface area contributed by atoms with Crippen molar-refractivity contribution < 1.29 is 4.74 Å². The highest BCUT2D eigenvalue weighted by Gasteiger charge is 2.12. The Labute approximate surface area is 104 Å². The van der Waals surface area contributed by atoms with Crippen LogP contribution in [0.2, 0.25) is 0 Å². The maximum Gasteiger partial charge on any atom is 0.0716 e. The van der Waals surface area contributed by atoms with E-state index in [9.17, 15) is 0 Å². The molecule has 1 aliphatic rings. The summed E-state index contributed by atoms with van der Waals surface area (Å²) in [7, 11) is 0. The zero-order chi connectivity index (χ0) is 11.9. The quantitative estimate of drug-likeness (QED) is 0.790. The molecule has 0 amide bonds. The van der Waals surface area contributed by atoms with E-state index in [0.717, 1.165) is 19.1 Å². The van der Waals surface area contributed by atoms with Gasteiger partial charge in [-0.15, -0.1) is 0 Å². The molecule has 0 bridgehead atoms. The topological polar surface area (TPSA) is 21.3 Å². The molecule has 1 aromatic rings. The molecule has 1 aromatic carbocycles. The summed E-state index contributed by atoms with van der Waals surface area (Å²) >= 11 is 0. The maximum atomic E-state index is 5.74. The smallest absolute Gasteiger partial charge is 0.0716 e. The first-order valence-corrected chi connectivity index (χ1v) is 6.68. The molecule has 0 aliphatic carbocycles. The van der Waals surface area contributed by atoms with Crippen LogP contribution in [0.25, 0.3) is 0 Å². The van der Waals surface area contributed by atoms with E-state index >= 15 is 0 Å². The van der Waals surface area contributed by atoms with E-state index in [1.54, 1.807) is 0 Å². The highest BCUT2D eigenvalue weighted by atomic mass is 16.5. The van der Waals surface area contributed by atoms with Crippen LogP contribution in [0.1, 0.15) is 30.4 Å². The molecule has 2 nitrogen and oxygen atoms in total. The van der Waals surface area contributed by atoms with E-state index in [1.807, 2.05) is 0 Å². The van der Waals surface area contributed by atoms with E-state index < -0.39 is 0 Å². The third kappa shape index (κ3) is 4.49. The highest BCUT2D eigenvalue weighted by molar-refractivity contribution is 5.20. The molecular weight excluding hydrogens is 210 g/mol. The molecule has 1 saturated heterocycles. The molecule has 1 aliphatic heterocycles. The van der Waals surface area contributed by atoms with Gasteiger partial charge in [-0.3, -0.25) is 0 Å². The Kier molecular flexibility index (Phi) is 5.02. The molecule has 1 N–H and O–H groups in total. The molecule has 17 heavy (non-hydrogen) atoms. The predicted octanol–water partition coefficient (Wildman–Crippen LogP) is 2.90. The van der Waals surface area contributed by atoms with Crippen molar-refractivity contribution >= 4 is 0 Å². The van der Waals surface area contributed by atoms with E-state index in [0.29, 0.717) is 0 Å². The molecule has 2 heteroatoms. The predicted molar refractivity (Wildman–Crippen MR) is 71.0 cm³/mol. The van der Waals surface area contributed by atoms with Crippen molar-refractivity contribution in [3.8, 4) is 0 Å². The van der Waals surface area contributed by atoms with Crippen LogP contribution in [0.5, 0.6) is 0 Å². The lowest BCUT2D eigenvalue weighted by Crippen LogP contribution is -2.28. The number of aryl methyl sites for hydroxylation is 1. The van der Waals surface area contributed by atoms with Crippen molar-refractivity contribution in [2.75, 3.05) is 19.7 Å². The van der Waals surface area contributed by atoms with Gasteiger partial charge in [0.15, 0.2) is 0 Å². The Morgan fingerprint density at radius 1 is 1.18 bits per heavy atom. The second-order valence-electron chi connectivity index (χ2n) is 5.02. The molecule has 0 radical (unpaired) electrons. The number of hydrogen-bond donors (Lipinski definition) is 1. The Morgan fingerprint density at radius 3 is 2.59 bits per heavy atom. The second-order valence-corrected chi connectivity index (χ2v) is 5.02. The molecule has 94 valence electrons. The molecule has 0 unspecified atom stereocenters. The number of piperidine rings is 1. The normalized spacial score (nSPS) is 17.2. The third-order valence-electron chi connectivity index (χ3n) is 3.52. The second kappa shape index (κ2) is 6.77. The van der Waals surface area contributed by atoms with E-state index in [-0.39, 0.29) is 0 Å². The third-order valence-corrected chi connectivity index (χ3v) is 3.52. The molecule has 0 saturated carbocycles. The Morgan fingerprint density at radius 2 is 1.88 bits per heavy atom.